The largest absolute Gasteiger partial charge is 0.322 e. The van der Waals surface area contributed by atoms with Gasteiger partial charge in [0.2, 0.25) is 0 Å². The molecule has 0 aliphatic rings. The smallest absolute Gasteiger partial charge is 0.0577 e. The number of pyridine rings is 1. The summed E-state index contributed by atoms with van der Waals surface area (Å²) in [5, 5.41) is 0.746. The molecule has 0 aliphatic heterocycles. The Hall–Kier alpha value is -1.38. The molecule has 0 amide bonds. The fourth-order valence-electron chi connectivity index (χ4n) is 1.75. The van der Waals surface area contributed by atoms with Gasteiger partial charge in [0.15, 0.2) is 0 Å². The fraction of sp³-hybridized carbons (Fsp3) is 0.214. The molecule has 3 heteroatoms. The van der Waals surface area contributed by atoms with Crippen LogP contribution in [0.25, 0.3) is 0 Å². The maximum absolute atomic E-state index is 6.14. The Morgan fingerprint density at radius 1 is 1.18 bits per heavy atom. The average Bonchev–Trinajstić information content (AvgIpc) is 2.32. The van der Waals surface area contributed by atoms with E-state index in [1.165, 1.54) is 5.56 Å². The molecule has 1 atom stereocenters. The van der Waals surface area contributed by atoms with Crippen LogP contribution in [0.2, 0.25) is 5.02 Å². The van der Waals surface area contributed by atoms with E-state index in [1.54, 1.807) is 0 Å². The molecule has 1 heterocycles. The third kappa shape index (κ3) is 3.29. The highest BCUT2D eigenvalue weighted by Gasteiger charge is 2.08. The summed E-state index contributed by atoms with van der Waals surface area (Å²) in [6.45, 7) is 1.97. The molecular weight excluding hydrogens is 232 g/mol. The van der Waals surface area contributed by atoms with Gasteiger partial charge in [-0.1, -0.05) is 29.8 Å². The Balaban J connectivity index is 2.11. The molecule has 0 radical (unpaired) electrons. The topological polar surface area (TPSA) is 38.9 Å². The zero-order valence-electron chi connectivity index (χ0n) is 9.73. The highest BCUT2D eigenvalue weighted by molar-refractivity contribution is 6.30. The molecule has 0 saturated heterocycles. The molecular formula is C14H15ClN2. The van der Waals surface area contributed by atoms with Crippen molar-refractivity contribution in [1.29, 1.82) is 0 Å². The van der Waals surface area contributed by atoms with Crippen molar-refractivity contribution in [2.75, 3.05) is 0 Å². The normalized spacial score (nSPS) is 12.4. The Morgan fingerprint density at radius 3 is 2.53 bits per heavy atom. The Morgan fingerprint density at radius 2 is 1.88 bits per heavy atom. The summed E-state index contributed by atoms with van der Waals surface area (Å²) in [4.78, 5) is 4.44. The first-order chi connectivity index (χ1) is 8.15. The molecule has 1 unspecified atom stereocenters. The van der Waals surface area contributed by atoms with Gasteiger partial charge in [-0.25, -0.2) is 0 Å². The average molecular weight is 247 g/mol. The molecule has 2 N–H and O–H groups in total. The summed E-state index contributed by atoms with van der Waals surface area (Å²) >= 11 is 5.84. The molecule has 0 bridgehead atoms. The van der Waals surface area contributed by atoms with Crippen molar-refractivity contribution in [1.82, 2.24) is 4.98 Å². The van der Waals surface area contributed by atoms with Crippen molar-refractivity contribution in [3.63, 3.8) is 0 Å². The van der Waals surface area contributed by atoms with Gasteiger partial charge in [-0.2, -0.15) is 0 Å². The molecule has 2 nitrogen and oxygen atoms in total. The second-order valence-corrected chi connectivity index (χ2v) is 4.58. The van der Waals surface area contributed by atoms with Gasteiger partial charge in [0, 0.05) is 10.7 Å². The van der Waals surface area contributed by atoms with Crippen LogP contribution in [-0.2, 0) is 6.42 Å². The lowest BCUT2D eigenvalue weighted by molar-refractivity contribution is 0.693. The molecule has 0 spiro atoms. The Kier molecular flexibility index (Phi) is 3.77. The fourth-order valence-corrected chi connectivity index (χ4v) is 1.88. The van der Waals surface area contributed by atoms with E-state index in [4.69, 9.17) is 17.3 Å². The predicted molar refractivity (Wildman–Crippen MR) is 71.1 cm³/mol. The summed E-state index contributed by atoms with van der Waals surface area (Å²) in [5.74, 6) is 0. The van der Waals surface area contributed by atoms with Crippen LogP contribution in [0, 0.1) is 6.92 Å². The zero-order valence-corrected chi connectivity index (χ0v) is 10.5. The van der Waals surface area contributed by atoms with E-state index in [-0.39, 0.29) is 6.04 Å². The number of rotatable bonds is 3. The number of halogens is 1. The molecule has 88 valence electrons. The quantitative estimate of drug-likeness (QED) is 0.903. The van der Waals surface area contributed by atoms with E-state index in [9.17, 15) is 0 Å². The third-order valence-corrected chi connectivity index (χ3v) is 2.91. The summed E-state index contributed by atoms with van der Waals surface area (Å²) in [6, 6.07) is 13.6. The summed E-state index contributed by atoms with van der Waals surface area (Å²) < 4.78 is 0. The van der Waals surface area contributed by atoms with Crippen LogP contribution in [0.3, 0.4) is 0 Å². The van der Waals surface area contributed by atoms with Gasteiger partial charge in [0.25, 0.3) is 0 Å². The van der Waals surface area contributed by atoms with Crippen molar-refractivity contribution < 1.29 is 0 Å². The monoisotopic (exact) mass is 246 g/mol. The number of benzene rings is 1. The molecule has 1 aromatic carbocycles. The number of hydrogen-bond donors (Lipinski definition) is 1. The first-order valence-corrected chi connectivity index (χ1v) is 5.96. The zero-order chi connectivity index (χ0) is 12.3. The van der Waals surface area contributed by atoms with Gasteiger partial charge in [0.1, 0.15) is 0 Å². The molecule has 17 heavy (non-hydrogen) atoms. The third-order valence-electron chi connectivity index (χ3n) is 2.66. The molecule has 0 saturated carbocycles. The van der Waals surface area contributed by atoms with Crippen LogP contribution in [-0.4, -0.2) is 4.98 Å². The van der Waals surface area contributed by atoms with Gasteiger partial charge in [0.05, 0.1) is 11.7 Å². The van der Waals surface area contributed by atoms with Crippen molar-refractivity contribution >= 4 is 11.6 Å². The van der Waals surface area contributed by atoms with Crippen LogP contribution >= 0.6 is 11.6 Å². The molecule has 1 aromatic heterocycles. The van der Waals surface area contributed by atoms with E-state index in [0.717, 1.165) is 22.8 Å². The molecule has 0 aliphatic carbocycles. The van der Waals surface area contributed by atoms with Crippen LogP contribution < -0.4 is 5.73 Å². The van der Waals surface area contributed by atoms with Crippen molar-refractivity contribution in [2.45, 2.75) is 19.4 Å². The predicted octanol–water partition coefficient (Wildman–Crippen LogP) is 3.29. The maximum atomic E-state index is 6.14. The number of hydrogen-bond acceptors (Lipinski definition) is 2. The minimum Gasteiger partial charge on any atom is -0.322 e. The maximum Gasteiger partial charge on any atom is 0.0577 e. The number of nitrogens with two attached hydrogens (primary N) is 1. The second kappa shape index (κ2) is 5.30. The van der Waals surface area contributed by atoms with E-state index in [1.807, 2.05) is 49.4 Å². The molecule has 2 aromatic rings. The second-order valence-electron chi connectivity index (χ2n) is 4.14. The lowest BCUT2D eigenvalue weighted by Crippen LogP contribution is -2.15. The minimum atomic E-state index is -0.0731. The summed E-state index contributed by atoms with van der Waals surface area (Å²) in [7, 11) is 0. The van der Waals surface area contributed by atoms with E-state index in [2.05, 4.69) is 4.98 Å². The van der Waals surface area contributed by atoms with Crippen molar-refractivity contribution in [3.8, 4) is 0 Å². The summed E-state index contributed by atoms with van der Waals surface area (Å²) in [6.07, 6.45) is 0.771. The molecule has 2 rings (SSSR count). The van der Waals surface area contributed by atoms with Gasteiger partial charge in [-0.05, 0) is 43.2 Å². The first-order valence-electron chi connectivity index (χ1n) is 5.59. The number of nitrogens with zero attached hydrogens (tertiary/aromatic N) is 1. The van der Waals surface area contributed by atoms with Crippen LogP contribution in [0.4, 0.5) is 0 Å². The molecule has 0 fully saturated rings. The van der Waals surface area contributed by atoms with Crippen LogP contribution in [0.1, 0.15) is 23.0 Å². The SMILES string of the molecule is Cc1cccc(C(N)Cc2ccc(Cl)cc2)n1. The number of aryl methyl sites for hydroxylation is 1. The van der Waals surface area contributed by atoms with E-state index < -0.39 is 0 Å². The number of aromatic nitrogens is 1. The van der Waals surface area contributed by atoms with Crippen molar-refractivity contribution in [3.05, 3.63) is 64.4 Å². The highest BCUT2D eigenvalue weighted by Crippen LogP contribution is 2.16. The first kappa shape index (κ1) is 12.1. The Bertz CT molecular complexity index is 494. The Labute approximate surface area is 106 Å². The van der Waals surface area contributed by atoms with E-state index >= 15 is 0 Å². The van der Waals surface area contributed by atoms with Crippen LogP contribution in [0.15, 0.2) is 42.5 Å². The lowest BCUT2D eigenvalue weighted by Gasteiger charge is -2.11. The van der Waals surface area contributed by atoms with Gasteiger partial charge in [-0.15, -0.1) is 0 Å². The summed E-state index contributed by atoms with van der Waals surface area (Å²) in [5.41, 5.74) is 9.23. The van der Waals surface area contributed by atoms with Crippen molar-refractivity contribution in [2.24, 2.45) is 5.73 Å². The van der Waals surface area contributed by atoms with Gasteiger partial charge in [-0.3, -0.25) is 4.98 Å². The minimum absolute atomic E-state index is 0.0731. The standard InChI is InChI=1S/C14H15ClN2/c1-10-3-2-4-14(17-10)13(16)9-11-5-7-12(15)8-6-11/h2-8,13H,9,16H2,1H3. The van der Waals surface area contributed by atoms with Gasteiger partial charge < -0.3 is 5.73 Å². The lowest BCUT2D eigenvalue weighted by atomic mass is 10.0. The van der Waals surface area contributed by atoms with E-state index in [0.29, 0.717) is 0 Å². The van der Waals surface area contributed by atoms with Crippen LogP contribution in [0.5, 0.6) is 0 Å². The van der Waals surface area contributed by atoms with Gasteiger partial charge >= 0.3 is 0 Å². The highest BCUT2D eigenvalue weighted by atomic mass is 35.5.